The van der Waals surface area contributed by atoms with Gasteiger partial charge in [-0.25, -0.2) is 0 Å². The summed E-state index contributed by atoms with van der Waals surface area (Å²) in [6, 6.07) is 9.00. The van der Waals surface area contributed by atoms with Crippen molar-refractivity contribution in [3.63, 3.8) is 0 Å². The number of hydrogen-bond acceptors (Lipinski definition) is 2. The van der Waals surface area contributed by atoms with Crippen molar-refractivity contribution in [3.05, 3.63) is 36.0 Å². The summed E-state index contributed by atoms with van der Waals surface area (Å²) in [6.07, 6.45) is 5.10. The summed E-state index contributed by atoms with van der Waals surface area (Å²) in [5.74, 6) is 0.722. The molecule has 1 aromatic heterocycles. The molecule has 1 fully saturated rings. The van der Waals surface area contributed by atoms with E-state index in [1.54, 1.807) is 7.05 Å². The Labute approximate surface area is 138 Å². The molecule has 1 aliphatic rings. The monoisotopic (exact) mass is 313 g/mol. The predicted octanol–water partition coefficient (Wildman–Crippen LogP) is 3.01. The average molecular weight is 313 g/mol. The Balaban J connectivity index is 1.59. The zero-order valence-electron chi connectivity index (χ0n) is 14.2. The Morgan fingerprint density at radius 3 is 2.74 bits per heavy atom. The summed E-state index contributed by atoms with van der Waals surface area (Å²) in [6.45, 7) is 6.39. The lowest BCUT2D eigenvalue weighted by molar-refractivity contribution is -0.121. The molecule has 0 unspecified atom stereocenters. The molecule has 2 heterocycles. The number of piperidine rings is 1. The smallest absolute Gasteiger partial charge is 0.220 e. The van der Waals surface area contributed by atoms with Crippen LogP contribution in [0.4, 0.5) is 0 Å². The zero-order valence-corrected chi connectivity index (χ0v) is 14.2. The van der Waals surface area contributed by atoms with Crippen LogP contribution in [-0.4, -0.2) is 35.5 Å². The van der Waals surface area contributed by atoms with E-state index in [0.717, 1.165) is 39.0 Å². The van der Waals surface area contributed by atoms with Gasteiger partial charge in [-0.3, -0.25) is 9.69 Å². The van der Waals surface area contributed by atoms with E-state index in [9.17, 15) is 4.79 Å². The van der Waals surface area contributed by atoms with Gasteiger partial charge in [-0.15, -0.1) is 0 Å². The number of likely N-dealkylation sites (tertiary alicyclic amines) is 1. The van der Waals surface area contributed by atoms with Crippen LogP contribution in [0.25, 0.3) is 10.9 Å². The molecule has 1 N–H and O–H groups in total. The van der Waals surface area contributed by atoms with Crippen LogP contribution < -0.4 is 5.32 Å². The minimum Gasteiger partial charge on any atom is -0.359 e. The van der Waals surface area contributed by atoms with Crippen LogP contribution in [0, 0.1) is 5.92 Å². The topological polar surface area (TPSA) is 37.3 Å². The minimum absolute atomic E-state index is 0.175. The van der Waals surface area contributed by atoms with E-state index in [-0.39, 0.29) is 5.91 Å². The van der Waals surface area contributed by atoms with Gasteiger partial charge in [0, 0.05) is 38.3 Å². The maximum Gasteiger partial charge on any atom is 0.220 e. The molecule has 1 saturated heterocycles. The Hall–Kier alpha value is -1.81. The standard InChI is InChI=1S/C19H27N3O/c1-3-22-11-8-17-5-4-16(12-18(17)22)14-21-9-6-15(7-10-21)13-19(23)20-2/h4-5,8,11-12,15H,3,6-7,9-10,13-14H2,1-2H3,(H,20,23). The van der Waals surface area contributed by atoms with Gasteiger partial charge < -0.3 is 9.88 Å². The first-order chi connectivity index (χ1) is 11.2. The maximum atomic E-state index is 11.5. The predicted molar refractivity (Wildman–Crippen MR) is 94.3 cm³/mol. The molecule has 3 rings (SSSR count). The van der Waals surface area contributed by atoms with Crippen molar-refractivity contribution >= 4 is 16.8 Å². The molecule has 2 aromatic rings. The van der Waals surface area contributed by atoms with Crippen molar-refractivity contribution in [1.82, 2.24) is 14.8 Å². The highest BCUT2D eigenvalue weighted by atomic mass is 16.1. The van der Waals surface area contributed by atoms with Crippen LogP contribution in [0.2, 0.25) is 0 Å². The quantitative estimate of drug-likeness (QED) is 0.921. The first kappa shape index (κ1) is 16.1. The van der Waals surface area contributed by atoms with E-state index in [1.807, 2.05) is 0 Å². The lowest BCUT2D eigenvalue weighted by atomic mass is 9.93. The third-order valence-corrected chi connectivity index (χ3v) is 5.05. The number of aryl methyl sites for hydroxylation is 1. The van der Waals surface area contributed by atoms with Gasteiger partial charge in [0.05, 0.1) is 0 Å². The fraction of sp³-hybridized carbons (Fsp3) is 0.526. The number of nitrogens with zero attached hydrogens (tertiary/aromatic N) is 2. The molecule has 0 saturated carbocycles. The average Bonchev–Trinajstić information content (AvgIpc) is 2.99. The van der Waals surface area contributed by atoms with Crippen molar-refractivity contribution in [2.45, 2.75) is 39.3 Å². The highest BCUT2D eigenvalue weighted by molar-refractivity contribution is 5.80. The third-order valence-electron chi connectivity index (χ3n) is 5.05. The van der Waals surface area contributed by atoms with Gasteiger partial charge in [0.1, 0.15) is 0 Å². The second kappa shape index (κ2) is 7.18. The normalized spacial score (nSPS) is 16.8. The molecule has 0 atom stereocenters. The van der Waals surface area contributed by atoms with Crippen molar-refractivity contribution in [2.75, 3.05) is 20.1 Å². The Kier molecular flexibility index (Phi) is 5.01. The molecule has 0 aliphatic carbocycles. The van der Waals surface area contributed by atoms with Gasteiger partial charge in [-0.05, 0) is 61.9 Å². The van der Waals surface area contributed by atoms with Crippen LogP contribution in [-0.2, 0) is 17.9 Å². The molecule has 1 aromatic carbocycles. The largest absolute Gasteiger partial charge is 0.359 e. The lowest BCUT2D eigenvalue weighted by Crippen LogP contribution is -2.35. The van der Waals surface area contributed by atoms with Crippen LogP contribution in [0.3, 0.4) is 0 Å². The van der Waals surface area contributed by atoms with Crippen LogP contribution >= 0.6 is 0 Å². The Morgan fingerprint density at radius 1 is 1.26 bits per heavy atom. The summed E-state index contributed by atoms with van der Waals surface area (Å²) in [7, 11) is 1.72. The number of aromatic nitrogens is 1. The summed E-state index contributed by atoms with van der Waals surface area (Å²) >= 11 is 0. The van der Waals surface area contributed by atoms with Crippen LogP contribution in [0.5, 0.6) is 0 Å². The first-order valence-corrected chi connectivity index (χ1v) is 8.70. The molecular weight excluding hydrogens is 286 g/mol. The number of benzene rings is 1. The van der Waals surface area contributed by atoms with Crippen LogP contribution in [0.1, 0.15) is 31.7 Å². The number of nitrogens with one attached hydrogen (secondary N) is 1. The van der Waals surface area contributed by atoms with Gasteiger partial charge in [0.2, 0.25) is 5.91 Å². The SMILES string of the molecule is CCn1ccc2ccc(CN3CCC(CC(=O)NC)CC3)cc21. The van der Waals surface area contributed by atoms with E-state index in [1.165, 1.54) is 16.5 Å². The molecule has 0 spiro atoms. The fourth-order valence-corrected chi connectivity index (χ4v) is 3.57. The van der Waals surface area contributed by atoms with E-state index < -0.39 is 0 Å². The second-order valence-corrected chi connectivity index (χ2v) is 6.59. The number of carbonyl (C=O) groups excluding carboxylic acids is 1. The number of amides is 1. The van der Waals surface area contributed by atoms with E-state index in [4.69, 9.17) is 0 Å². The maximum absolute atomic E-state index is 11.5. The lowest BCUT2D eigenvalue weighted by Gasteiger charge is -2.31. The van der Waals surface area contributed by atoms with Crippen molar-refractivity contribution in [3.8, 4) is 0 Å². The number of carbonyl (C=O) groups is 1. The summed E-state index contributed by atoms with van der Waals surface area (Å²) in [5, 5.41) is 4.05. The summed E-state index contributed by atoms with van der Waals surface area (Å²) in [5.41, 5.74) is 2.72. The Bertz CT molecular complexity index is 668. The summed E-state index contributed by atoms with van der Waals surface area (Å²) < 4.78 is 2.30. The van der Waals surface area contributed by atoms with Crippen molar-refractivity contribution in [2.24, 2.45) is 5.92 Å². The van der Waals surface area contributed by atoms with E-state index in [0.29, 0.717) is 12.3 Å². The second-order valence-electron chi connectivity index (χ2n) is 6.59. The highest BCUT2D eigenvalue weighted by Crippen LogP contribution is 2.23. The van der Waals surface area contributed by atoms with Gasteiger partial charge in [-0.2, -0.15) is 0 Å². The highest BCUT2D eigenvalue weighted by Gasteiger charge is 2.21. The number of hydrogen-bond donors (Lipinski definition) is 1. The van der Waals surface area contributed by atoms with Crippen molar-refractivity contribution in [1.29, 1.82) is 0 Å². The van der Waals surface area contributed by atoms with E-state index >= 15 is 0 Å². The minimum atomic E-state index is 0.175. The van der Waals surface area contributed by atoms with Crippen molar-refractivity contribution < 1.29 is 4.79 Å². The number of rotatable bonds is 5. The molecule has 4 heteroatoms. The summed E-state index contributed by atoms with van der Waals surface area (Å²) in [4.78, 5) is 14.0. The molecule has 124 valence electrons. The van der Waals surface area contributed by atoms with Gasteiger partial charge >= 0.3 is 0 Å². The fourth-order valence-electron chi connectivity index (χ4n) is 3.57. The third kappa shape index (κ3) is 3.75. The molecule has 1 aliphatic heterocycles. The van der Waals surface area contributed by atoms with Gasteiger partial charge in [0.15, 0.2) is 0 Å². The van der Waals surface area contributed by atoms with Gasteiger partial charge in [0.25, 0.3) is 0 Å². The zero-order chi connectivity index (χ0) is 16.2. The molecule has 4 nitrogen and oxygen atoms in total. The van der Waals surface area contributed by atoms with Crippen LogP contribution in [0.15, 0.2) is 30.5 Å². The molecular formula is C19H27N3O. The first-order valence-electron chi connectivity index (χ1n) is 8.70. The van der Waals surface area contributed by atoms with E-state index in [2.05, 4.69) is 52.2 Å². The van der Waals surface area contributed by atoms with Gasteiger partial charge in [-0.1, -0.05) is 12.1 Å². The molecule has 1 amide bonds. The molecule has 0 radical (unpaired) electrons. The molecule has 23 heavy (non-hydrogen) atoms. The molecule has 0 bridgehead atoms. The number of fused-ring (bicyclic) bond motifs is 1. The Morgan fingerprint density at radius 2 is 2.04 bits per heavy atom.